The molecule has 346 valence electrons. The van der Waals surface area contributed by atoms with Gasteiger partial charge >= 0.3 is 11.9 Å². The van der Waals surface area contributed by atoms with Gasteiger partial charge < -0.3 is 33.1 Å². The monoisotopic (exact) mass is 927 g/mol. The van der Waals surface area contributed by atoms with Crippen LogP contribution in [0.25, 0.3) is 43.5 Å². The molecule has 0 bridgehead atoms. The summed E-state index contributed by atoms with van der Waals surface area (Å²) in [6, 6.07) is 29.0. The van der Waals surface area contributed by atoms with Gasteiger partial charge in [-0.05, 0) is 81.6 Å². The van der Waals surface area contributed by atoms with Crippen molar-refractivity contribution in [2.24, 2.45) is 0 Å². The molecule has 0 radical (unpaired) electrons. The van der Waals surface area contributed by atoms with E-state index < -0.39 is 47.0 Å². The first kappa shape index (κ1) is 46.5. The van der Waals surface area contributed by atoms with E-state index >= 15 is 0 Å². The lowest BCUT2D eigenvalue weighted by Gasteiger charge is -2.40. The number of fused-ring (bicyclic) bond motifs is 5. The molecule has 66 heavy (non-hydrogen) atoms. The Kier molecular flexibility index (Phi) is 12.4. The van der Waals surface area contributed by atoms with Crippen molar-refractivity contribution in [2.45, 2.75) is 123 Å². The van der Waals surface area contributed by atoms with Crippen LogP contribution in [0, 0.1) is 0 Å². The van der Waals surface area contributed by atoms with Gasteiger partial charge in [0.05, 0.1) is 12.0 Å². The number of rotatable bonds is 13. The normalized spacial score (nSPS) is 17.1. The van der Waals surface area contributed by atoms with Crippen LogP contribution < -0.4 is 18.9 Å². The second-order valence-corrected chi connectivity index (χ2v) is 29.7. The Morgan fingerprint density at radius 1 is 0.788 bits per heavy atom. The first-order valence-corrected chi connectivity index (χ1v) is 28.3. The van der Waals surface area contributed by atoms with E-state index in [0.29, 0.717) is 16.9 Å². The molecule has 15 heteroatoms. The maximum atomic E-state index is 12.2. The van der Waals surface area contributed by atoms with Crippen molar-refractivity contribution in [1.82, 2.24) is 19.5 Å². The highest BCUT2D eigenvalue weighted by Gasteiger charge is 2.44. The number of ether oxygens (including phenoxy) is 4. The second-order valence-electron chi connectivity index (χ2n) is 20.3. The smallest absolute Gasteiger partial charge is 0.303 e. The Balaban J connectivity index is 1.34. The van der Waals surface area contributed by atoms with E-state index in [1.54, 1.807) is 10.9 Å². The lowest BCUT2D eigenvalue weighted by atomic mass is 9.96. The molecule has 0 amide bonds. The average molecular weight is 928 g/mol. The third-order valence-electron chi connectivity index (χ3n) is 13.3. The van der Waals surface area contributed by atoms with Crippen LogP contribution in [0.2, 0.25) is 36.3 Å². The molecular formula is C51H61N5O8Si2. The van der Waals surface area contributed by atoms with Gasteiger partial charge in [-0.2, -0.15) is 9.97 Å². The second kappa shape index (κ2) is 17.6. The van der Waals surface area contributed by atoms with E-state index in [2.05, 4.69) is 128 Å². The van der Waals surface area contributed by atoms with E-state index in [0.717, 1.165) is 49.3 Å². The molecule has 0 aliphatic carbocycles. The van der Waals surface area contributed by atoms with Crippen molar-refractivity contribution in [1.29, 1.82) is 0 Å². The van der Waals surface area contributed by atoms with Crippen molar-refractivity contribution in [3.8, 4) is 17.4 Å². The van der Waals surface area contributed by atoms with E-state index in [-0.39, 0.29) is 41.5 Å². The summed E-state index contributed by atoms with van der Waals surface area (Å²) in [5, 5.41) is 9.61. The number of hydrogen-bond acceptors (Lipinski definition) is 12. The summed E-state index contributed by atoms with van der Waals surface area (Å²) in [5.74, 6) is 0.950. The van der Waals surface area contributed by atoms with Crippen molar-refractivity contribution in [3.63, 3.8) is 0 Å². The lowest BCUT2D eigenvalue weighted by Crippen LogP contribution is -2.45. The molecule has 1 saturated heterocycles. The predicted molar refractivity (Wildman–Crippen MR) is 265 cm³/mol. The fourth-order valence-corrected chi connectivity index (χ4v) is 9.71. The number of benzene rings is 5. The molecule has 2 aromatic heterocycles. The van der Waals surface area contributed by atoms with Gasteiger partial charge in [0.25, 0.3) is 16.6 Å². The molecular weight excluding hydrogens is 867 g/mol. The topological polar surface area (TPSA) is 145 Å². The third-order valence-corrected chi connectivity index (χ3v) is 22.0. The Hall–Kier alpha value is -6.04. The summed E-state index contributed by atoms with van der Waals surface area (Å²) >= 11 is 0. The Labute approximate surface area is 388 Å². The van der Waals surface area contributed by atoms with Crippen LogP contribution in [0.15, 0.2) is 91.3 Å². The summed E-state index contributed by atoms with van der Waals surface area (Å²) in [6.07, 6.45) is -0.193. The van der Waals surface area contributed by atoms with Crippen LogP contribution in [0.5, 0.6) is 17.4 Å². The predicted octanol–water partition coefficient (Wildman–Crippen LogP) is 12.2. The molecule has 1 fully saturated rings. The molecule has 1 N–H and O–H groups in total. The zero-order chi connectivity index (χ0) is 47.3. The molecule has 13 nitrogen and oxygen atoms in total. The minimum atomic E-state index is -2.45. The zero-order valence-electron chi connectivity index (χ0n) is 40.1. The van der Waals surface area contributed by atoms with Crippen LogP contribution >= 0.6 is 0 Å². The Morgan fingerprint density at radius 3 is 2.12 bits per heavy atom. The number of imidazole rings is 1. The van der Waals surface area contributed by atoms with E-state index in [9.17, 15) is 9.59 Å². The van der Waals surface area contributed by atoms with Gasteiger partial charge in [-0.15, -0.1) is 0 Å². The summed E-state index contributed by atoms with van der Waals surface area (Å²) in [6.45, 7) is 25.3. The van der Waals surface area contributed by atoms with Gasteiger partial charge in [-0.1, -0.05) is 102 Å². The molecule has 5 aromatic carbocycles. The maximum absolute atomic E-state index is 12.2. The van der Waals surface area contributed by atoms with Crippen molar-refractivity contribution < 1.29 is 37.4 Å². The summed E-state index contributed by atoms with van der Waals surface area (Å²) in [5.41, 5.74) is 2.50. The summed E-state index contributed by atoms with van der Waals surface area (Å²) in [4.78, 5) is 38.9. The average Bonchev–Trinajstić information content (AvgIpc) is 3.85. The summed E-state index contributed by atoms with van der Waals surface area (Å²) < 4.78 is 40.4. The van der Waals surface area contributed by atoms with E-state index in [1.165, 1.54) is 13.8 Å². The van der Waals surface area contributed by atoms with Gasteiger partial charge in [0.2, 0.25) is 11.8 Å². The van der Waals surface area contributed by atoms with Gasteiger partial charge in [0, 0.05) is 37.1 Å². The highest BCUT2D eigenvalue weighted by molar-refractivity contribution is 6.75. The molecule has 3 heterocycles. The molecule has 3 atom stereocenters. The quantitative estimate of drug-likeness (QED) is 0.0508. The molecule has 7 aromatic rings. The van der Waals surface area contributed by atoms with Crippen LogP contribution in [-0.4, -0.2) is 66.9 Å². The van der Waals surface area contributed by atoms with Crippen LogP contribution in [0.1, 0.15) is 73.6 Å². The van der Waals surface area contributed by atoms with Gasteiger partial charge in [-0.25, -0.2) is 4.98 Å². The standard InChI is InChI=1S/C51H61N5O8Si2/c1-31(57)59-29-42-40(61-32(2)58)27-43(62-42)56-30-52-45-47(56)54-49(55-48(45)60-28-33-18-14-13-15-19-33)53-39-26-41(63-65(9,10)50(3,4)5)46(64-66(11,12)51(6,7)8)37-23-22-36-24-34-20-16-17-21-35(34)25-38(36)44(37)39/h13-26,30,40,42-43H,27-29H2,1-12H3,(H,53,54,55)/t40-,42+,43+/m0/s1. The zero-order valence-corrected chi connectivity index (χ0v) is 42.1. The minimum absolute atomic E-state index is 0.0889. The van der Waals surface area contributed by atoms with Gasteiger partial charge in [-0.3, -0.25) is 14.2 Å². The third kappa shape index (κ3) is 9.47. The number of aromatic nitrogens is 4. The maximum Gasteiger partial charge on any atom is 0.303 e. The van der Waals surface area contributed by atoms with Crippen molar-refractivity contribution in [3.05, 3.63) is 96.8 Å². The molecule has 0 unspecified atom stereocenters. The van der Waals surface area contributed by atoms with E-state index in [4.69, 9.17) is 42.8 Å². The van der Waals surface area contributed by atoms with Crippen LogP contribution in [0.4, 0.5) is 11.6 Å². The molecule has 1 aliphatic rings. The van der Waals surface area contributed by atoms with E-state index in [1.807, 2.05) is 30.3 Å². The lowest BCUT2D eigenvalue weighted by molar-refractivity contribution is -0.155. The number of nitrogens with one attached hydrogen (secondary N) is 1. The number of carbonyl (C=O) groups excluding carboxylic acids is 2. The Morgan fingerprint density at radius 2 is 1.45 bits per heavy atom. The van der Waals surface area contributed by atoms with Gasteiger partial charge in [0.1, 0.15) is 37.4 Å². The molecule has 0 spiro atoms. The fourth-order valence-electron chi connectivity index (χ4n) is 7.67. The minimum Gasteiger partial charge on any atom is -0.541 e. The molecule has 8 rings (SSSR count). The highest BCUT2D eigenvalue weighted by atomic mass is 28.4. The van der Waals surface area contributed by atoms with Crippen molar-refractivity contribution in [2.75, 3.05) is 11.9 Å². The van der Waals surface area contributed by atoms with Crippen LogP contribution in [-0.2, 0) is 30.4 Å². The SMILES string of the molecule is CC(=O)OC[C@H]1O[C@@H](n2cnc3c(OCc4ccccc4)nc(Nc4cc(O[Si](C)(C)C(C)(C)C)c(O[Si](C)(C)C(C)(C)C)c5ccc6cc7ccccc7cc6c45)nc32)C[C@@H]1OC(C)=O. The number of hydrogen-bond donors (Lipinski definition) is 1. The number of anilines is 2. The molecule has 1 aliphatic heterocycles. The van der Waals surface area contributed by atoms with Crippen molar-refractivity contribution >= 4 is 83.7 Å². The Bertz CT molecular complexity index is 2960. The van der Waals surface area contributed by atoms with Crippen LogP contribution in [0.3, 0.4) is 0 Å². The summed E-state index contributed by atoms with van der Waals surface area (Å²) in [7, 11) is -4.89. The molecule has 0 saturated carbocycles. The number of esters is 2. The van der Waals surface area contributed by atoms with Gasteiger partial charge in [0.15, 0.2) is 16.9 Å². The fraction of sp³-hybridized carbons (Fsp3) is 0.392. The first-order chi connectivity index (χ1) is 31.1. The number of nitrogens with zero attached hydrogens (tertiary/aromatic N) is 4. The largest absolute Gasteiger partial charge is 0.541 e. The number of carbonyl (C=O) groups is 2. The highest BCUT2D eigenvalue weighted by Crippen LogP contribution is 2.50. The first-order valence-electron chi connectivity index (χ1n) is 22.5.